The van der Waals surface area contributed by atoms with Crippen molar-refractivity contribution >= 4 is 0 Å². The molecule has 0 fully saturated rings. The van der Waals surface area contributed by atoms with Crippen molar-refractivity contribution in [3.05, 3.63) is 41.3 Å². The van der Waals surface area contributed by atoms with Crippen LogP contribution in [0.15, 0.2) is 24.4 Å². The van der Waals surface area contributed by atoms with Gasteiger partial charge in [0.2, 0.25) is 0 Å². The maximum Gasteiger partial charge on any atom is 0.123 e. The molecule has 78 valence electrons. The lowest BCUT2D eigenvalue weighted by atomic mass is 10.0. The second-order valence-corrected chi connectivity index (χ2v) is 3.43. The van der Waals surface area contributed by atoms with Gasteiger partial charge in [-0.3, -0.25) is 5.10 Å². The molecule has 2 rings (SSSR count). The fourth-order valence-electron chi connectivity index (χ4n) is 1.61. The van der Waals surface area contributed by atoms with Crippen LogP contribution in [0.25, 0.3) is 11.3 Å². The van der Waals surface area contributed by atoms with E-state index in [4.69, 9.17) is 5.73 Å². The van der Waals surface area contributed by atoms with E-state index in [-0.39, 0.29) is 5.82 Å². The van der Waals surface area contributed by atoms with Crippen molar-refractivity contribution in [3.8, 4) is 11.3 Å². The van der Waals surface area contributed by atoms with Crippen molar-refractivity contribution < 1.29 is 4.39 Å². The second-order valence-electron chi connectivity index (χ2n) is 3.43. The van der Waals surface area contributed by atoms with Crippen LogP contribution >= 0.6 is 0 Å². The molecule has 0 amide bonds. The zero-order valence-electron chi connectivity index (χ0n) is 8.42. The molecule has 15 heavy (non-hydrogen) atoms. The molecular weight excluding hydrogens is 193 g/mol. The van der Waals surface area contributed by atoms with Gasteiger partial charge in [-0.1, -0.05) is 0 Å². The monoisotopic (exact) mass is 205 g/mol. The Morgan fingerprint density at radius 3 is 2.93 bits per heavy atom. The van der Waals surface area contributed by atoms with Crippen LogP contribution in [0.5, 0.6) is 0 Å². The van der Waals surface area contributed by atoms with Crippen LogP contribution in [0.3, 0.4) is 0 Å². The van der Waals surface area contributed by atoms with E-state index in [0.717, 1.165) is 22.4 Å². The average molecular weight is 205 g/mol. The van der Waals surface area contributed by atoms with Crippen molar-refractivity contribution in [2.75, 3.05) is 0 Å². The van der Waals surface area contributed by atoms with Gasteiger partial charge in [-0.05, 0) is 30.7 Å². The molecule has 4 heteroatoms. The van der Waals surface area contributed by atoms with E-state index in [0.29, 0.717) is 6.54 Å². The Morgan fingerprint density at radius 1 is 1.47 bits per heavy atom. The molecule has 0 aliphatic carbocycles. The lowest BCUT2D eigenvalue weighted by Gasteiger charge is -2.05. The Bertz CT molecular complexity index is 476. The predicted molar refractivity (Wildman–Crippen MR) is 56.6 cm³/mol. The Kier molecular flexibility index (Phi) is 2.51. The molecule has 3 N–H and O–H groups in total. The zero-order chi connectivity index (χ0) is 10.8. The van der Waals surface area contributed by atoms with Gasteiger partial charge in [-0.15, -0.1) is 0 Å². The minimum atomic E-state index is -0.231. The molecule has 0 radical (unpaired) electrons. The van der Waals surface area contributed by atoms with E-state index in [1.807, 2.05) is 6.92 Å². The van der Waals surface area contributed by atoms with Crippen molar-refractivity contribution in [3.63, 3.8) is 0 Å². The number of nitrogens with zero attached hydrogens (tertiary/aromatic N) is 1. The molecule has 0 unspecified atom stereocenters. The Balaban J connectivity index is 2.54. The van der Waals surface area contributed by atoms with Gasteiger partial charge in [0.05, 0.1) is 11.9 Å². The highest BCUT2D eigenvalue weighted by molar-refractivity contribution is 5.66. The summed E-state index contributed by atoms with van der Waals surface area (Å²) in [6.07, 6.45) is 1.69. The number of halogens is 1. The topological polar surface area (TPSA) is 54.7 Å². The highest BCUT2D eigenvalue weighted by Gasteiger charge is 2.09. The molecule has 2 aromatic rings. The van der Waals surface area contributed by atoms with Crippen LogP contribution in [0.2, 0.25) is 0 Å². The molecule has 1 aromatic heterocycles. The van der Waals surface area contributed by atoms with Crippen LogP contribution < -0.4 is 5.73 Å². The number of H-pyrrole nitrogens is 1. The summed E-state index contributed by atoms with van der Waals surface area (Å²) in [7, 11) is 0. The third-order valence-electron chi connectivity index (χ3n) is 2.40. The van der Waals surface area contributed by atoms with Gasteiger partial charge in [-0.2, -0.15) is 5.10 Å². The van der Waals surface area contributed by atoms with Gasteiger partial charge < -0.3 is 5.73 Å². The summed E-state index contributed by atoms with van der Waals surface area (Å²) in [6, 6.07) is 4.66. The van der Waals surface area contributed by atoms with E-state index in [2.05, 4.69) is 10.2 Å². The number of rotatable bonds is 2. The summed E-state index contributed by atoms with van der Waals surface area (Å²) in [5, 5.41) is 6.81. The van der Waals surface area contributed by atoms with Gasteiger partial charge in [-0.25, -0.2) is 4.39 Å². The van der Waals surface area contributed by atoms with Crippen LogP contribution in [0.1, 0.15) is 11.1 Å². The summed E-state index contributed by atoms with van der Waals surface area (Å²) in [4.78, 5) is 0. The first kappa shape index (κ1) is 9.86. The lowest BCUT2D eigenvalue weighted by molar-refractivity contribution is 0.627. The third kappa shape index (κ3) is 1.76. The van der Waals surface area contributed by atoms with Crippen LogP contribution in [0.4, 0.5) is 4.39 Å². The standard InChI is InChI=1S/C11H12FN3/c1-7-4-9(12)2-3-10(7)11-8(5-13)6-14-15-11/h2-4,6H,5,13H2,1H3,(H,14,15). The zero-order valence-corrected chi connectivity index (χ0v) is 8.42. The number of hydrogen-bond donors (Lipinski definition) is 2. The summed E-state index contributed by atoms with van der Waals surface area (Å²) < 4.78 is 12.9. The van der Waals surface area contributed by atoms with E-state index >= 15 is 0 Å². The number of nitrogens with two attached hydrogens (primary N) is 1. The SMILES string of the molecule is Cc1cc(F)ccc1-c1[nH]ncc1CN. The minimum absolute atomic E-state index is 0.231. The maximum absolute atomic E-state index is 12.9. The van der Waals surface area contributed by atoms with Crippen molar-refractivity contribution in [1.82, 2.24) is 10.2 Å². The third-order valence-corrected chi connectivity index (χ3v) is 2.40. The number of nitrogens with one attached hydrogen (secondary N) is 1. The molecule has 0 bridgehead atoms. The van der Waals surface area contributed by atoms with Crippen LogP contribution in [-0.2, 0) is 6.54 Å². The van der Waals surface area contributed by atoms with E-state index in [1.54, 1.807) is 12.3 Å². The number of aryl methyl sites for hydroxylation is 1. The minimum Gasteiger partial charge on any atom is -0.326 e. The van der Waals surface area contributed by atoms with Gasteiger partial charge in [0.25, 0.3) is 0 Å². The van der Waals surface area contributed by atoms with Gasteiger partial charge in [0.1, 0.15) is 5.82 Å². The Morgan fingerprint density at radius 2 is 2.27 bits per heavy atom. The number of aromatic amines is 1. The Hall–Kier alpha value is -1.68. The van der Waals surface area contributed by atoms with E-state index in [9.17, 15) is 4.39 Å². The van der Waals surface area contributed by atoms with Gasteiger partial charge in [0, 0.05) is 17.7 Å². The first-order valence-electron chi connectivity index (χ1n) is 4.71. The second kappa shape index (κ2) is 3.82. The van der Waals surface area contributed by atoms with E-state index < -0.39 is 0 Å². The fourth-order valence-corrected chi connectivity index (χ4v) is 1.61. The normalized spacial score (nSPS) is 10.6. The van der Waals surface area contributed by atoms with Crippen molar-refractivity contribution in [2.24, 2.45) is 5.73 Å². The number of aromatic nitrogens is 2. The molecular formula is C11H12FN3. The summed E-state index contributed by atoms with van der Waals surface area (Å²) in [5.41, 5.74) is 9.19. The quantitative estimate of drug-likeness (QED) is 0.787. The van der Waals surface area contributed by atoms with Crippen molar-refractivity contribution in [2.45, 2.75) is 13.5 Å². The van der Waals surface area contributed by atoms with Gasteiger partial charge >= 0.3 is 0 Å². The highest BCUT2D eigenvalue weighted by Crippen LogP contribution is 2.24. The summed E-state index contributed by atoms with van der Waals surface area (Å²) in [6.45, 7) is 2.28. The molecule has 0 saturated heterocycles. The molecule has 0 atom stereocenters. The largest absolute Gasteiger partial charge is 0.326 e. The highest BCUT2D eigenvalue weighted by atomic mass is 19.1. The average Bonchev–Trinajstić information content (AvgIpc) is 2.65. The van der Waals surface area contributed by atoms with Gasteiger partial charge in [0.15, 0.2) is 0 Å². The molecule has 0 aliphatic heterocycles. The molecule has 0 saturated carbocycles. The first-order valence-corrected chi connectivity index (χ1v) is 4.71. The maximum atomic E-state index is 12.9. The molecule has 0 spiro atoms. The Labute approximate surface area is 87.1 Å². The predicted octanol–water partition coefficient (Wildman–Crippen LogP) is 1.98. The van der Waals surface area contributed by atoms with E-state index in [1.165, 1.54) is 12.1 Å². The fraction of sp³-hybridized carbons (Fsp3) is 0.182. The molecule has 3 nitrogen and oxygen atoms in total. The lowest BCUT2D eigenvalue weighted by Crippen LogP contribution is -1.97. The first-order chi connectivity index (χ1) is 7.22. The summed E-state index contributed by atoms with van der Waals surface area (Å²) in [5.74, 6) is -0.231. The number of hydrogen-bond acceptors (Lipinski definition) is 2. The molecule has 1 aromatic carbocycles. The number of benzene rings is 1. The smallest absolute Gasteiger partial charge is 0.123 e. The van der Waals surface area contributed by atoms with Crippen LogP contribution in [0, 0.1) is 12.7 Å². The summed E-state index contributed by atoms with van der Waals surface area (Å²) >= 11 is 0. The van der Waals surface area contributed by atoms with Crippen molar-refractivity contribution in [1.29, 1.82) is 0 Å². The molecule has 0 aliphatic rings. The molecule has 1 heterocycles. The van der Waals surface area contributed by atoms with Crippen LogP contribution in [-0.4, -0.2) is 10.2 Å².